The minimum absolute atomic E-state index is 0.141. The van der Waals surface area contributed by atoms with E-state index >= 15 is 0 Å². The summed E-state index contributed by atoms with van der Waals surface area (Å²) >= 11 is 0. The number of fused-ring (bicyclic) bond motifs is 1. The Balaban J connectivity index is 1.37. The average molecular weight is 379 g/mol. The lowest BCUT2D eigenvalue weighted by Gasteiger charge is -2.29. The monoisotopic (exact) mass is 379 g/mol. The molecule has 2 heterocycles. The highest BCUT2D eigenvalue weighted by Gasteiger charge is 2.14. The van der Waals surface area contributed by atoms with Gasteiger partial charge < -0.3 is 25.5 Å². The molecule has 3 aromatic rings. The van der Waals surface area contributed by atoms with Crippen molar-refractivity contribution in [3.8, 4) is 0 Å². The number of aromatic nitrogens is 2. The second kappa shape index (κ2) is 7.80. The van der Waals surface area contributed by atoms with Crippen LogP contribution in [0.15, 0.2) is 47.3 Å². The van der Waals surface area contributed by atoms with Crippen LogP contribution in [-0.2, 0) is 4.79 Å². The Morgan fingerprint density at radius 2 is 1.64 bits per heavy atom. The van der Waals surface area contributed by atoms with E-state index in [1.807, 2.05) is 19.1 Å². The maximum absolute atomic E-state index is 12.5. The van der Waals surface area contributed by atoms with Crippen LogP contribution in [0.25, 0.3) is 11.0 Å². The number of carbonyl (C=O) groups is 1. The summed E-state index contributed by atoms with van der Waals surface area (Å²) < 4.78 is 0. The van der Waals surface area contributed by atoms with Crippen molar-refractivity contribution >= 4 is 34.0 Å². The SMILES string of the molecule is CC(Nc1ccc(N2CCCCC2)cc1)C(=O)Nc1ccc2[nH]c(=O)[nH]c2c1. The summed E-state index contributed by atoms with van der Waals surface area (Å²) in [6.45, 7) is 4.05. The lowest BCUT2D eigenvalue weighted by Crippen LogP contribution is -2.32. The van der Waals surface area contributed by atoms with Crippen molar-refractivity contribution in [3.05, 3.63) is 52.9 Å². The molecule has 4 N–H and O–H groups in total. The number of rotatable bonds is 5. The Kier molecular flexibility index (Phi) is 5.06. The molecule has 2 aromatic carbocycles. The first kappa shape index (κ1) is 18.2. The average Bonchev–Trinajstić information content (AvgIpc) is 3.08. The topological polar surface area (TPSA) is 93.0 Å². The molecular formula is C21H25N5O2. The van der Waals surface area contributed by atoms with Crippen molar-refractivity contribution < 1.29 is 4.79 Å². The van der Waals surface area contributed by atoms with Gasteiger partial charge in [0.05, 0.1) is 11.0 Å². The third-order valence-corrected chi connectivity index (χ3v) is 5.15. The molecule has 1 aliphatic heterocycles. The number of amides is 1. The van der Waals surface area contributed by atoms with Crippen LogP contribution in [-0.4, -0.2) is 35.0 Å². The molecule has 4 rings (SSSR count). The normalized spacial score (nSPS) is 15.4. The van der Waals surface area contributed by atoms with E-state index in [9.17, 15) is 9.59 Å². The number of hydrogen-bond acceptors (Lipinski definition) is 4. The van der Waals surface area contributed by atoms with E-state index in [0.29, 0.717) is 16.7 Å². The van der Waals surface area contributed by atoms with Gasteiger partial charge in [-0.05, 0) is 68.7 Å². The van der Waals surface area contributed by atoms with Crippen molar-refractivity contribution in [2.45, 2.75) is 32.2 Å². The number of hydrogen-bond donors (Lipinski definition) is 4. The Hall–Kier alpha value is -3.22. The molecule has 0 radical (unpaired) electrons. The molecule has 7 heteroatoms. The second-order valence-corrected chi connectivity index (χ2v) is 7.29. The fourth-order valence-electron chi connectivity index (χ4n) is 3.60. The van der Waals surface area contributed by atoms with Gasteiger partial charge in [-0.3, -0.25) is 4.79 Å². The highest BCUT2D eigenvalue weighted by atomic mass is 16.2. The quantitative estimate of drug-likeness (QED) is 0.547. The Morgan fingerprint density at radius 1 is 0.964 bits per heavy atom. The molecule has 0 aliphatic carbocycles. The largest absolute Gasteiger partial charge is 0.374 e. The summed E-state index contributed by atoms with van der Waals surface area (Å²) in [5.74, 6) is -0.141. The van der Waals surface area contributed by atoms with Crippen molar-refractivity contribution in [1.82, 2.24) is 9.97 Å². The fraction of sp³-hybridized carbons (Fsp3) is 0.333. The van der Waals surface area contributed by atoms with Crippen LogP contribution in [0.3, 0.4) is 0 Å². The summed E-state index contributed by atoms with van der Waals surface area (Å²) in [4.78, 5) is 31.6. The second-order valence-electron chi connectivity index (χ2n) is 7.29. The van der Waals surface area contributed by atoms with Crippen LogP contribution >= 0.6 is 0 Å². The third kappa shape index (κ3) is 4.03. The van der Waals surface area contributed by atoms with Crippen LogP contribution in [0.5, 0.6) is 0 Å². The van der Waals surface area contributed by atoms with E-state index < -0.39 is 6.04 Å². The zero-order valence-corrected chi connectivity index (χ0v) is 15.9. The first-order chi connectivity index (χ1) is 13.6. The molecule has 0 spiro atoms. The maximum atomic E-state index is 12.5. The van der Waals surface area contributed by atoms with Crippen LogP contribution in [0.2, 0.25) is 0 Å². The number of anilines is 3. The van der Waals surface area contributed by atoms with E-state index in [1.54, 1.807) is 18.2 Å². The molecule has 1 amide bonds. The van der Waals surface area contributed by atoms with E-state index in [0.717, 1.165) is 18.8 Å². The van der Waals surface area contributed by atoms with Crippen molar-refractivity contribution in [3.63, 3.8) is 0 Å². The van der Waals surface area contributed by atoms with Crippen LogP contribution in [0.1, 0.15) is 26.2 Å². The van der Waals surface area contributed by atoms with E-state index in [4.69, 9.17) is 0 Å². The van der Waals surface area contributed by atoms with Gasteiger partial charge in [0.2, 0.25) is 5.91 Å². The summed E-state index contributed by atoms with van der Waals surface area (Å²) in [5, 5.41) is 6.12. The molecule has 1 fully saturated rings. The lowest BCUT2D eigenvalue weighted by atomic mass is 10.1. The van der Waals surface area contributed by atoms with E-state index in [2.05, 4.69) is 37.6 Å². The maximum Gasteiger partial charge on any atom is 0.323 e. The van der Waals surface area contributed by atoms with Gasteiger partial charge in [-0.25, -0.2) is 4.79 Å². The minimum atomic E-state index is -0.401. The smallest absolute Gasteiger partial charge is 0.323 e. The van der Waals surface area contributed by atoms with Gasteiger partial charge in [0.15, 0.2) is 0 Å². The number of imidazole rings is 1. The highest BCUT2D eigenvalue weighted by molar-refractivity contribution is 5.97. The lowest BCUT2D eigenvalue weighted by molar-refractivity contribution is -0.116. The Bertz CT molecular complexity index is 1020. The zero-order valence-electron chi connectivity index (χ0n) is 15.9. The molecule has 1 aliphatic rings. The number of H-pyrrole nitrogens is 2. The molecule has 1 atom stereocenters. The number of piperidine rings is 1. The zero-order chi connectivity index (χ0) is 19.5. The molecular weight excluding hydrogens is 354 g/mol. The molecule has 1 saturated heterocycles. The standard InChI is InChI=1S/C21H25N5O2/c1-14(20(27)23-16-7-10-18-19(13-16)25-21(28)24-18)22-15-5-8-17(9-6-15)26-11-3-2-4-12-26/h5-10,13-14,22H,2-4,11-12H2,1H3,(H,23,27)(H2,24,25,28). The third-order valence-electron chi connectivity index (χ3n) is 5.15. The summed E-state index contributed by atoms with van der Waals surface area (Å²) in [7, 11) is 0. The highest BCUT2D eigenvalue weighted by Crippen LogP contribution is 2.22. The molecule has 0 saturated carbocycles. The first-order valence-electron chi connectivity index (χ1n) is 9.73. The minimum Gasteiger partial charge on any atom is -0.374 e. The summed E-state index contributed by atoms with van der Waals surface area (Å²) in [6.07, 6.45) is 3.81. The van der Waals surface area contributed by atoms with Crippen molar-refractivity contribution in [2.24, 2.45) is 0 Å². The summed E-state index contributed by atoms with van der Waals surface area (Å²) in [5.41, 5.74) is 3.90. The van der Waals surface area contributed by atoms with E-state index in [1.165, 1.54) is 24.9 Å². The number of aromatic amines is 2. The Morgan fingerprint density at radius 3 is 2.39 bits per heavy atom. The van der Waals surface area contributed by atoms with Crippen LogP contribution in [0, 0.1) is 0 Å². The van der Waals surface area contributed by atoms with Gasteiger partial charge in [0.1, 0.15) is 6.04 Å². The van der Waals surface area contributed by atoms with Crippen LogP contribution < -0.4 is 21.2 Å². The Labute approximate surface area is 163 Å². The number of nitrogens with one attached hydrogen (secondary N) is 4. The van der Waals surface area contributed by atoms with E-state index in [-0.39, 0.29) is 11.6 Å². The number of nitrogens with zero attached hydrogens (tertiary/aromatic N) is 1. The van der Waals surface area contributed by atoms with Crippen LogP contribution in [0.4, 0.5) is 17.1 Å². The van der Waals surface area contributed by atoms with Crippen molar-refractivity contribution in [1.29, 1.82) is 0 Å². The molecule has 1 aromatic heterocycles. The fourth-order valence-corrected chi connectivity index (χ4v) is 3.60. The summed E-state index contributed by atoms with van der Waals surface area (Å²) in [6, 6.07) is 13.1. The predicted octanol–water partition coefficient (Wildman–Crippen LogP) is 3.29. The number of benzene rings is 2. The molecule has 7 nitrogen and oxygen atoms in total. The van der Waals surface area contributed by atoms with Crippen molar-refractivity contribution in [2.75, 3.05) is 28.6 Å². The van der Waals surface area contributed by atoms with Gasteiger partial charge >= 0.3 is 5.69 Å². The molecule has 28 heavy (non-hydrogen) atoms. The first-order valence-corrected chi connectivity index (χ1v) is 9.73. The van der Waals surface area contributed by atoms with Gasteiger partial charge in [-0.2, -0.15) is 0 Å². The van der Waals surface area contributed by atoms with Gasteiger partial charge in [-0.15, -0.1) is 0 Å². The number of carbonyl (C=O) groups excluding carboxylic acids is 1. The van der Waals surface area contributed by atoms with Gasteiger partial charge in [-0.1, -0.05) is 0 Å². The molecule has 146 valence electrons. The van der Waals surface area contributed by atoms with Gasteiger partial charge in [0, 0.05) is 30.2 Å². The molecule has 0 bridgehead atoms. The molecule has 1 unspecified atom stereocenters. The predicted molar refractivity (Wildman–Crippen MR) is 113 cm³/mol. The van der Waals surface area contributed by atoms with Gasteiger partial charge in [0.25, 0.3) is 0 Å².